The van der Waals surface area contributed by atoms with Crippen LogP contribution in [0.5, 0.6) is 0 Å². The second kappa shape index (κ2) is 3.29. The minimum absolute atomic E-state index is 0.258. The molecule has 7 heteroatoms. The molecule has 0 radical (unpaired) electrons. The molecular weight excluding hydrogens is 189 g/mol. The highest BCUT2D eigenvalue weighted by Gasteiger charge is 2.15. The molecule has 0 aliphatic rings. The van der Waals surface area contributed by atoms with E-state index in [0.29, 0.717) is 5.13 Å². The fourth-order valence-electron chi connectivity index (χ4n) is 0.886. The van der Waals surface area contributed by atoms with Gasteiger partial charge < -0.3 is 10.0 Å². The van der Waals surface area contributed by atoms with Crippen LogP contribution in [0.25, 0.3) is 5.13 Å². The number of imidazole rings is 1. The number of aromatic nitrogens is 3. The summed E-state index contributed by atoms with van der Waals surface area (Å²) in [7, 11) is -1.51. The third-order valence-corrected chi connectivity index (χ3v) is 2.37. The SMILES string of the molecule is OB(O)c1csc(-n2ccnc2)n1. The van der Waals surface area contributed by atoms with E-state index in [1.54, 1.807) is 28.7 Å². The Balaban J connectivity index is 2.33. The number of hydrogen-bond donors (Lipinski definition) is 2. The highest BCUT2D eigenvalue weighted by molar-refractivity contribution is 7.13. The van der Waals surface area contributed by atoms with E-state index in [2.05, 4.69) is 9.97 Å². The summed E-state index contributed by atoms with van der Waals surface area (Å²) in [5.74, 6) is 0. The smallest absolute Gasteiger partial charge is 0.422 e. The van der Waals surface area contributed by atoms with Gasteiger partial charge in [0, 0.05) is 17.8 Å². The van der Waals surface area contributed by atoms with Crippen LogP contribution in [-0.2, 0) is 0 Å². The summed E-state index contributed by atoms with van der Waals surface area (Å²) in [4.78, 5) is 7.85. The summed E-state index contributed by atoms with van der Waals surface area (Å²) in [5, 5.41) is 19.9. The van der Waals surface area contributed by atoms with Crippen molar-refractivity contribution in [3.8, 4) is 5.13 Å². The molecule has 2 rings (SSSR count). The summed E-state index contributed by atoms with van der Waals surface area (Å²) < 4.78 is 1.70. The van der Waals surface area contributed by atoms with Crippen LogP contribution in [-0.4, -0.2) is 31.7 Å². The molecule has 0 saturated heterocycles. The molecule has 2 aromatic rings. The van der Waals surface area contributed by atoms with Gasteiger partial charge in [0.25, 0.3) is 0 Å². The first-order chi connectivity index (χ1) is 6.27. The molecule has 0 spiro atoms. The van der Waals surface area contributed by atoms with Crippen molar-refractivity contribution in [3.63, 3.8) is 0 Å². The second-order valence-corrected chi connectivity index (χ2v) is 3.24. The van der Waals surface area contributed by atoms with Gasteiger partial charge in [-0.25, -0.2) is 9.97 Å². The van der Waals surface area contributed by atoms with Crippen molar-refractivity contribution < 1.29 is 10.0 Å². The lowest BCUT2D eigenvalue weighted by molar-refractivity contribution is 0.424. The van der Waals surface area contributed by atoms with E-state index in [0.717, 1.165) is 0 Å². The standard InChI is InChI=1S/C6H6BN3O2S/c11-7(12)5-3-13-6(9-5)10-2-1-8-4-10/h1-4,11-12H. The zero-order valence-corrected chi connectivity index (χ0v) is 7.35. The Labute approximate surface area is 78.5 Å². The predicted octanol–water partition coefficient (Wildman–Crippen LogP) is -0.991. The van der Waals surface area contributed by atoms with Gasteiger partial charge in [0.1, 0.15) is 6.33 Å². The molecule has 2 heterocycles. The Morgan fingerprint density at radius 3 is 2.85 bits per heavy atom. The molecule has 0 amide bonds. The number of hydrogen-bond acceptors (Lipinski definition) is 5. The van der Waals surface area contributed by atoms with Crippen molar-refractivity contribution in [2.45, 2.75) is 0 Å². The van der Waals surface area contributed by atoms with E-state index in [4.69, 9.17) is 10.0 Å². The van der Waals surface area contributed by atoms with Crippen molar-refractivity contribution in [2.75, 3.05) is 0 Å². The highest BCUT2D eigenvalue weighted by atomic mass is 32.1. The fourth-order valence-corrected chi connectivity index (χ4v) is 1.67. The molecule has 5 nitrogen and oxygen atoms in total. The Bertz CT molecular complexity index is 386. The number of thiazole rings is 1. The molecule has 0 fully saturated rings. The van der Waals surface area contributed by atoms with Gasteiger partial charge in [0.15, 0.2) is 5.13 Å². The van der Waals surface area contributed by atoms with E-state index in [9.17, 15) is 0 Å². The second-order valence-electron chi connectivity index (χ2n) is 2.40. The zero-order valence-electron chi connectivity index (χ0n) is 6.53. The maximum atomic E-state index is 8.81. The molecule has 2 aromatic heterocycles. The molecule has 0 aromatic carbocycles. The van der Waals surface area contributed by atoms with Crippen molar-refractivity contribution in [1.29, 1.82) is 0 Å². The van der Waals surface area contributed by atoms with Crippen LogP contribution in [0.2, 0.25) is 0 Å². The summed E-state index contributed by atoms with van der Waals surface area (Å²) in [6.45, 7) is 0. The first-order valence-electron chi connectivity index (χ1n) is 3.57. The van der Waals surface area contributed by atoms with Gasteiger partial charge in [-0.2, -0.15) is 0 Å². The fraction of sp³-hybridized carbons (Fsp3) is 0. The summed E-state index contributed by atoms with van der Waals surface area (Å²) >= 11 is 1.33. The molecule has 0 aliphatic heterocycles. The number of rotatable bonds is 2. The average Bonchev–Trinajstić information content (AvgIpc) is 2.75. The van der Waals surface area contributed by atoms with E-state index < -0.39 is 7.12 Å². The zero-order chi connectivity index (χ0) is 9.26. The monoisotopic (exact) mass is 195 g/mol. The van der Waals surface area contributed by atoms with E-state index in [-0.39, 0.29) is 5.59 Å². The maximum Gasteiger partial charge on any atom is 0.509 e. The van der Waals surface area contributed by atoms with Gasteiger partial charge in [0.2, 0.25) is 0 Å². The lowest BCUT2D eigenvalue weighted by Gasteiger charge is -1.93. The van der Waals surface area contributed by atoms with Crippen LogP contribution in [0.1, 0.15) is 0 Å². The van der Waals surface area contributed by atoms with Crippen LogP contribution >= 0.6 is 11.3 Å². The first-order valence-corrected chi connectivity index (χ1v) is 4.45. The van der Waals surface area contributed by atoms with Gasteiger partial charge in [0.05, 0.1) is 5.59 Å². The van der Waals surface area contributed by atoms with Gasteiger partial charge in [-0.15, -0.1) is 11.3 Å². The molecule has 0 aliphatic carbocycles. The van der Waals surface area contributed by atoms with Crippen molar-refractivity contribution in [2.24, 2.45) is 0 Å². The van der Waals surface area contributed by atoms with E-state index >= 15 is 0 Å². The normalized spacial score (nSPS) is 10.3. The molecule has 0 bridgehead atoms. The molecule has 0 saturated carbocycles. The van der Waals surface area contributed by atoms with Crippen LogP contribution in [0.4, 0.5) is 0 Å². The molecule has 0 unspecified atom stereocenters. The summed E-state index contributed by atoms with van der Waals surface area (Å²) in [6, 6.07) is 0. The third kappa shape index (κ3) is 1.62. The molecule has 13 heavy (non-hydrogen) atoms. The Kier molecular flexibility index (Phi) is 2.13. The highest BCUT2D eigenvalue weighted by Crippen LogP contribution is 2.08. The van der Waals surface area contributed by atoms with Gasteiger partial charge in [-0.1, -0.05) is 0 Å². The topological polar surface area (TPSA) is 71.2 Å². The molecular formula is C6H6BN3O2S. The van der Waals surface area contributed by atoms with Crippen LogP contribution in [0, 0.1) is 0 Å². The van der Waals surface area contributed by atoms with E-state index in [1.165, 1.54) is 11.3 Å². The van der Waals surface area contributed by atoms with Gasteiger partial charge in [-0.05, 0) is 0 Å². The van der Waals surface area contributed by atoms with Crippen molar-refractivity contribution in [3.05, 3.63) is 24.1 Å². The van der Waals surface area contributed by atoms with Gasteiger partial charge >= 0.3 is 7.12 Å². The molecule has 2 N–H and O–H groups in total. The molecule has 0 atom stereocenters. The Morgan fingerprint density at radius 2 is 2.31 bits per heavy atom. The largest absolute Gasteiger partial charge is 0.509 e. The lowest BCUT2D eigenvalue weighted by atomic mass is 9.88. The quantitative estimate of drug-likeness (QED) is 0.603. The molecule has 66 valence electrons. The van der Waals surface area contributed by atoms with Crippen molar-refractivity contribution >= 4 is 24.0 Å². The van der Waals surface area contributed by atoms with E-state index in [1.807, 2.05) is 0 Å². The van der Waals surface area contributed by atoms with Crippen molar-refractivity contribution in [1.82, 2.24) is 14.5 Å². The minimum Gasteiger partial charge on any atom is -0.422 e. The van der Waals surface area contributed by atoms with Crippen LogP contribution < -0.4 is 5.59 Å². The minimum atomic E-state index is -1.51. The number of nitrogens with zero attached hydrogens (tertiary/aromatic N) is 3. The summed E-state index contributed by atoms with van der Waals surface area (Å²) in [6.07, 6.45) is 4.98. The average molecular weight is 195 g/mol. The first kappa shape index (κ1) is 8.42. The van der Waals surface area contributed by atoms with Gasteiger partial charge in [-0.3, -0.25) is 4.57 Å². The Hall–Kier alpha value is -1.18. The Morgan fingerprint density at radius 1 is 1.46 bits per heavy atom. The maximum absolute atomic E-state index is 8.81. The predicted molar refractivity (Wildman–Crippen MR) is 49.1 cm³/mol. The summed E-state index contributed by atoms with van der Waals surface area (Å²) in [5.41, 5.74) is 0.258. The van der Waals surface area contributed by atoms with Crippen LogP contribution in [0.3, 0.4) is 0 Å². The third-order valence-electron chi connectivity index (χ3n) is 1.50. The lowest BCUT2D eigenvalue weighted by Crippen LogP contribution is -2.30. The van der Waals surface area contributed by atoms with Crippen LogP contribution in [0.15, 0.2) is 24.1 Å².